The van der Waals surface area contributed by atoms with Crippen molar-refractivity contribution in [3.63, 3.8) is 0 Å². The Bertz CT molecular complexity index is 785. The Morgan fingerprint density at radius 1 is 1.04 bits per heavy atom. The quantitative estimate of drug-likeness (QED) is 0.705. The van der Waals surface area contributed by atoms with E-state index in [1.54, 1.807) is 11.0 Å². The number of nitrogens with zero attached hydrogens (tertiary/aromatic N) is 2. The van der Waals surface area contributed by atoms with E-state index in [0.29, 0.717) is 18.0 Å². The van der Waals surface area contributed by atoms with Crippen molar-refractivity contribution in [3.8, 4) is 0 Å². The van der Waals surface area contributed by atoms with Crippen molar-refractivity contribution >= 4 is 34.9 Å². The number of amides is 3. The summed E-state index contributed by atoms with van der Waals surface area (Å²) in [5, 5.41) is -0.370. The van der Waals surface area contributed by atoms with E-state index in [-0.39, 0.29) is 29.0 Å². The molecule has 28 heavy (non-hydrogen) atoms. The van der Waals surface area contributed by atoms with Gasteiger partial charge < -0.3 is 4.90 Å². The lowest BCUT2D eigenvalue weighted by Gasteiger charge is -2.22. The van der Waals surface area contributed by atoms with Gasteiger partial charge in [-0.25, -0.2) is 0 Å². The molecule has 3 rings (SSSR count). The molecule has 0 saturated carbocycles. The lowest BCUT2D eigenvalue weighted by atomic mass is 9.87. The molecule has 2 fully saturated rings. The third kappa shape index (κ3) is 4.85. The Labute approximate surface area is 171 Å². The molecule has 1 aromatic carbocycles. The van der Waals surface area contributed by atoms with Crippen LogP contribution in [0.1, 0.15) is 57.6 Å². The maximum Gasteiger partial charge on any atom is 0.294 e. The largest absolute Gasteiger partial charge is 0.341 e. The molecule has 0 aromatic heterocycles. The van der Waals surface area contributed by atoms with Crippen LogP contribution in [0.25, 0.3) is 6.08 Å². The van der Waals surface area contributed by atoms with Crippen molar-refractivity contribution in [3.05, 3.63) is 40.3 Å². The van der Waals surface area contributed by atoms with Crippen LogP contribution in [0.3, 0.4) is 0 Å². The van der Waals surface area contributed by atoms with Crippen molar-refractivity contribution < 1.29 is 14.4 Å². The molecule has 0 atom stereocenters. The zero-order valence-corrected chi connectivity index (χ0v) is 17.7. The van der Waals surface area contributed by atoms with Crippen LogP contribution in [0, 0.1) is 0 Å². The van der Waals surface area contributed by atoms with E-state index in [0.717, 1.165) is 47.9 Å². The molecule has 0 unspecified atom stereocenters. The number of likely N-dealkylation sites (tertiary alicyclic amines) is 1. The number of hydrogen-bond acceptors (Lipinski definition) is 4. The molecule has 0 aliphatic carbocycles. The zero-order valence-electron chi connectivity index (χ0n) is 16.9. The first-order valence-electron chi connectivity index (χ1n) is 9.89. The summed E-state index contributed by atoms with van der Waals surface area (Å²) in [6, 6.07) is 7.99. The SMILES string of the molecule is CC(C)(C)c1ccc(/C=C2/SC(=O)N(CC(=O)N3CCCCCC3)C2=O)cc1. The van der Waals surface area contributed by atoms with E-state index in [1.807, 2.05) is 24.3 Å². The molecule has 3 amide bonds. The third-order valence-electron chi connectivity index (χ3n) is 5.20. The van der Waals surface area contributed by atoms with E-state index in [4.69, 9.17) is 0 Å². The first-order valence-corrected chi connectivity index (χ1v) is 10.7. The van der Waals surface area contributed by atoms with Crippen LogP contribution < -0.4 is 0 Å². The molecule has 5 nitrogen and oxygen atoms in total. The topological polar surface area (TPSA) is 57.7 Å². The molecule has 2 aliphatic rings. The van der Waals surface area contributed by atoms with Gasteiger partial charge in [-0.1, -0.05) is 57.9 Å². The highest BCUT2D eigenvalue weighted by Crippen LogP contribution is 2.32. The highest BCUT2D eigenvalue weighted by atomic mass is 32.2. The van der Waals surface area contributed by atoms with Crippen LogP contribution in [0.5, 0.6) is 0 Å². The Morgan fingerprint density at radius 3 is 2.21 bits per heavy atom. The minimum atomic E-state index is -0.377. The van der Waals surface area contributed by atoms with Crippen LogP contribution in [0.15, 0.2) is 29.2 Å². The number of imide groups is 1. The maximum atomic E-state index is 12.7. The number of rotatable bonds is 3. The van der Waals surface area contributed by atoms with Gasteiger partial charge in [0.1, 0.15) is 6.54 Å². The minimum absolute atomic E-state index is 0.0596. The van der Waals surface area contributed by atoms with E-state index < -0.39 is 0 Å². The number of carbonyl (C=O) groups excluding carboxylic acids is 3. The normalized spacial score (nSPS) is 20.0. The minimum Gasteiger partial charge on any atom is -0.341 e. The van der Waals surface area contributed by atoms with E-state index in [9.17, 15) is 14.4 Å². The van der Waals surface area contributed by atoms with Gasteiger partial charge in [0.15, 0.2) is 0 Å². The first-order chi connectivity index (χ1) is 13.3. The molecular formula is C22H28N2O3S. The van der Waals surface area contributed by atoms with E-state index >= 15 is 0 Å². The molecule has 2 saturated heterocycles. The van der Waals surface area contributed by atoms with Crippen molar-refractivity contribution in [2.45, 2.75) is 51.9 Å². The van der Waals surface area contributed by atoms with Gasteiger partial charge in [-0.05, 0) is 47.2 Å². The lowest BCUT2D eigenvalue weighted by molar-refractivity contribution is -0.135. The van der Waals surface area contributed by atoms with Gasteiger partial charge in [-0.2, -0.15) is 0 Å². The molecular weight excluding hydrogens is 372 g/mol. The van der Waals surface area contributed by atoms with Gasteiger partial charge >= 0.3 is 0 Å². The van der Waals surface area contributed by atoms with E-state index in [1.165, 1.54) is 5.56 Å². The highest BCUT2D eigenvalue weighted by molar-refractivity contribution is 8.18. The van der Waals surface area contributed by atoms with Crippen LogP contribution in [0.4, 0.5) is 4.79 Å². The predicted molar refractivity (Wildman–Crippen MR) is 113 cm³/mol. The molecule has 2 heterocycles. The number of thioether (sulfide) groups is 1. The average Bonchev–Trinajstić information content (AvgIpc) is 2.86. The Kier molecular flexibility index (Phi) is 6.28. The summed E-state index contributed by atoms with van der Waals surface area (Å²) in [5.41, 5.74) is 2.14. The number of hydrogen-bond donors (Lipinski definition) is 0. The second-order valence-electron chi connectivity index (χ2n) is 8.43. The van der Waals surface area contributed by atoms with Crippen molar-refractivity contribution in [1.29, 1.82) is 0 Å². The lowest BCUT2D eigenvalue weighted by Crippen LogP contribution is -2.42. The molecule has 1 aromatic rings. The molecule has 0 N–H and O–H groups in total. The van der Waals surface area contributed by atoms with Crippen molar-refractivity contribution in [2.75, 3.05) is 19.6 Å². The molecule has 150 valence electrons. The summed E-state index contributed by atoms with van der Waals surface area (Å²) < 4.78 is 0. The standard InChI is InChI=1S/C22H28N2O3S/c1-22(2,3)17-10-8-16(9-11-17)14-18-20(26)24(21(27)28-18)15-19(25)23-12-6-4-5-7-13-23/h8-11,14H,4-7,12-13,15H2,1-3H3/b18-14+. The summed E-state index contributed by atoms with van der Waals surface area (Å²) in [5.74, 6) is -0.516. The van der Waals surface area contributed by atoms with Gasteiger partial charge in [0.05, 0.1) is 4.91 Å². The highest BCUT2D eigenvalue weighted by Gasteiger charge is 2.37. The van der Waals surface area contributed by atoms with Crippen molar-refractivity contribution in [2.24, 2.45) is 0 Å². The monoisotopic (exact) mass is 400 g/mol. The van der Waals surface area contributed by atoms with Crippen LogP contribution in [-0.4, -0.2) is 46.5 Å². The molecule has 0 radical (unpaired) electrons. The predicted octanol–water partition coefficient (Wildman–Crippen LogP) is 4.42. The van der Waals surface area contributed by atoms with Crippen LogP contribution >= 0.6 is 11.8 Å². The number of carbonyl (C=O) groups is 3. The van der Waals surface area contributed by atoms with Crippen LogP contribution in [-0.2, 0) is 15.0 Å². The number of benzene rings is 1. The summed E-state index contributed by atoms with van der Waals surface area (Å²) >= 11 is 0.907. The Morgan fingerprint density at radius 2 is 1.64 bits per heavy atom. The fourth-order valence-corrected chi connectivity index (χ4v) is 4.26. The van der Waals surface area contributed by atoms with Gasteiger partial charge in [0.25, 0.3) is 11.1 Å². The second-order valence-corrected chi connectivity index (χ2v) is 9.43. The smallest absolute Gasteiger partial charge is 0.294 e. The third-order valence-corrected chi connectivity index (χ3v) is 6.11. The van der Waals surface area contributed by atoms with E-state index in [2.05, 4.69) is 20.8 Å². The zero-order chi connectivity index (χ0) is 20.3. The van der Waals surface area contributed by atoms with Crippen molar-refractivity contribution in [1.82, 2.24) is 9.80 Å². The van der Waals surface area contributed by atoms with Gasteiger partial charge in [0.2, 0.25) is 5.91 Å². The molecule has 2 aliphatic heterocycles. The summed E-state index contributed by atoms with van der Waals surface area (Å²) in [7, 11) is 0. The average molecular weight is 401 g/mol. The molecule has 0 spiro atoms. The Hall–Kier alpha value is -2.08. The van der Waals surface area contributed by atoms with Gasteiger partial charge in [0, 0.05) is 13.1 Å². The maximum absolute atomic E-state index is 12.7. The van der Waals surface area contributed by atoms with Gasteiger partial charge in [-0.15, -0.1) is 0 Å². The fraction of sp³-hybridized carbons (Fsp3) is 0.500. The summed E-state index contributed by atoms with van der Waals surface area (Å²) in [6.45, 7) is 7.71. The first kappa shape index (κ1) is 20.6. The second kappa shape index (κ2) is 8.52. The van der Waals surface area contributed by atoms with Crippen LogP contribution in [0.2, 0.25) is 0 Å². The summed E-state index contributed by atoms with van der Waals surface area (Å²) in [4.78, 5) is 40.8. The summed E-state index contributed by atoms with van der Waals surface area (Å²) in [6.07, 6.45) is 5.95. The fourth-order valence-electron chi connectivity index (χ4n) is 3.42. The molecule has 6 heteroatoms. The Balaban J connectivity index is 1.69. The molecule has 0 bridgehead atoms. The van der Waals surface area contributed by atoms with Gasteiger partial charge in [-0.3, -0.25) is 19.3 Å².